The number of halogens is 2. The minimum atomic E-state index is -3.92. The molecule has 6 unspecified atom stereocenters. The van der Waals surface area contributed by atoms with E-state index < -0.39 is 54.8 Å². The van der Waals surface area contributed by atoms with Gasteiger partial charge in [0.15, 0.2) is 12.1 Å². The molecule has 10 heteroatoms. The molecule has 6 atom stereocenters. The number of aromatic amines is 1. The molecular formula is C18H28F2NO6P. The SMILES string of the molecule is CCC(C)(CC1OC(c2cc(C)c(=O)[nH]c2F)C(F)C1O)OP(=O)(O)C(C)C. The van der Waals surface area contributed by atoms with Crippen molar-refractivity contribution in [3.8, 4) is 0 Å². The molecule has 0 aliphatic carbocycles. The summed E-state index contributed by atoms with van der Waals surface area (Å²) in [6, 6.07) is 1.19. The number of pyridine rings is 1. The van der Waals surface area contributed by atoms with Crippen LogP contribution in [0, 0.1) is 12.9 Å². The highest BCUT2D eigenvalue weighted by Gasteiger charge is 2.49. The quantitative estimate of drug-likeness (QED) is 0.459. The second-order valence-electron chi connectivity index (χ2n) is 7.84. The molecule has 0 spiro atoms. The molecule has 0 amide bonds. The molecular weight excluding hydrogens is 395 g/mol. The van der Waals surface area contributed by atoms with Crippen molar-refractivity contribution in [1.29, 1.82) is 0 Å². The molecule has 28 heavy (non-hydrogen) atoms. The fourth-order valence-corrected chi connectivity index (χ4v) is 4.12. The topological polar surface area (TPSA) is 109 Å². The number of aryl methyl sites for hydroxylation is 1. The Morgan fingerprint density at radius 3 is 2.61 bits per heavy atom. The third-order valence-corrected chi connectivity index (χ3v) is 7.22. The number of H-pyrrole nitrogens is 1. The van der Waals surface area contributed by atoms with Crippen molar-refractivity contribution in [2.45, 2.75) is 83.2 Å². The Labute approximate surface area is 162 Å². The van der Waals surface area contributed by atoms with Crippen LogP contribution in [-0.4, -0.2) is 44.6 Å². The Morgan fingerprint density at radius 1 is 1.46 bits per heavy atom. The summed E-state index contributed by atoms with van der Waals surface area (Å²) >= 11 is 0. The lowest BCUT2D eigenvalue weighted by Crippen LogP contribution is -2.38. The molecule has 2 heterocycles. The van der Waals surface area contributed by atoms with Crippen molar-refractivity contribution in [2.24, 2.45) is 0 Å². The average molecular weight is 423 g/mol. The number of aliphatic hydroxyl groups excluding tert-OH is 1. The number of aromatic nitrogens is 1. The summed E-state index contributed by atoms with van der Waals surface area (Å²) in [5.74, 6) is -1.02. The Bertz CT molecular complexity index is 816. The highest BCUT2D eigenvalue weighted by molar-refractivity contribution is 7.53. The van der Waals surface area contributed by atoms with Crippen LogP contribution in [0.5, 0.6) is 0 Å². The van der Waals surface area contributed by atoms with E-state index in [9.17, 15) is 28.1 Å². The minimum Gasteiger partial charge on any atom is -0.387 e. The van der Waals surface area contributed by atoms with E-state index >= 15 is 0 Å². The monoisotopic (exact) mass is 423 g/mol. The number of ether oxygens (including phenoxy) is 1. The van der Waals surface area contributed by atoms with Gasteiger partial charge in [-0.3, -0.25) is 14.3 Å². The molecule has 1 saturated heterocycles. The van der Waals surface area contributed by atoms with Crippen LogP contribution in [0.2, 0.25) is 0 Å². The Hall–Kier alpha value is -1.12. The third kappa shape index (κ3) is 4.71. The molecule has 2 rings (SSSR count). The smallest absolute Gasteiger partial charge is 0.331 e. The van der Waals surface area contributed by atoms with Crippen LogP contribution >= 0.6 is 7.60 Å². The van der Waals surface area contributed by atoms with Crippen LogP contribution in [0.3, 0.4) is 0 Å². The van der Waals surface area contributed by atoms with Gasteiger partial charge in [0.1, 0.15) is 12.2 Å². The standard InChI is InChI=1S/C18H28F2NO6P/c1-6-18(5,27-28(24,25)9(2)3)8-12-14(22)13(19)15(26-12)11-7-10(4)17(23)21-16(11)20/h7,9,12-15,22H,6,8H2,1-5H3,(H,21,23)(H,24,25). The molecule has 1 aliphatic heterocycles. The second kappa shape index (κ2) is 8.32. The first-order valence-electron chi connectivity index (χ1n) is 9.21. The molecule has 1 aromatic heterocycles. The molecule has 0 bridgehead atoms. The predicted molar refractivity (Wildman–Crippen MR) is 99.6 cm³/mol. The van der Waals surface area contributed by atoms with Crippen molar-refractivity contribution < 1.29 is 32.6 Å². The zero-order chi connectivity index (χ0) is 21.4. The summed E-state index contributed by atoms with van der Waals surface area (Å²) in [5, 5.41) is 10.3. The van der Waals surface area contributed by atoms with Crippen LogP contribution < -0.4 is 5.56 Å². The maximum atomic E-state index is 14.7. The van der Waals surface area contributed by atoms with Gasteiger partial charge >= 0.3 is 7.60 Å². The summed E-state index contributed by atoms with van der Waals surface area (Å²) in [4.78, 5) is 23.5. The van der Waals surface area contributed by atoms with Crippen molar-refractivity contribution >= 4 is 7.60 Å². The normalized spacial score (nSPS) is 29.6. The Kier molecular flexibility index (Phi) is 6.88. The number of alkyl halides is 1. The number of hydrogen-bond acceptors (Lipinski definition) is 5. The van der Waals surface area contributed by atoms with E-state index in [4.69, 9.17) is 9.26 Å². The largest absolute Gasteiger partial charge is 0.387 e. The average Bonchev–Trinajstić information content (AvgIpc) is 2.85. The van der Waals surface area contributed by atoms with E-state index in [1.54, 1.807) is 27.7 Å². The first-order valence-corrected chi connectivity index (χ1v) is 10.9. The molecule has 7 nitrogen and oxygen atoms in total. The molecule has 3 N–H and O–H groups in total. The molecule has 1 aliphatic rings. The van der Waals surface area contributed by atoms with E-state index in [0.717, 1.165) is 0 Å². The van der Waals surface area contributed by atoms with Crippen LogP contribution in [0.25, 0.3) is 0 Å². The zero-order valence-corrected chi connectivity index (χ0v) is 17.5. The molecule has 1 aromatic rings. The summed E-state index contributed by atoms with van der Waals surface area (Å²) in [6.07, 6.45) is -5.76. The molecule has 0 radical (unpaired) electrons. The van der Waals surface area contributed by atoms with Gasteiger partial charge in [0.2, 0.25) is 0 Å². The third-order valence-electron chi connectivity index (χ3n) is 5.22. The first kappa shape index (κ1) is 23.2. The van der Waals surface area contributed by atoms with Gasteiger partial charge < -0.3 is 19.3 Å². The van der Waals surface area contributed by atoms with Crippen LogP contribution in [0.4, 0.5) is 8.78 Å². The lowest BCUT2D eigenvalue weighted by molar-refractivity contribution is -0.0476. The van der Waals surface area contributed by atoms with E-state index in [-0.39, 0.29) is 17.5 Å². The van der Waals surface area contributed by atoms with Gasteiger partial charge in [0.05, 0.1) is 17.4 Å². The highest BCUT2D eigenvalue weighted by Crippen LogP contribution is 2.53. The van der Waals surface area contributed by atoms with E-state index in [1.807, 2.05) is 4.98 Å². The molecule has 0 aromatic carbocycles. The van der Waals surface area contributed by atoms with E-state index in [1.165, 1.54) is 13.0 Å². The van der Waals surface area contributed by atoms with Crippen LogP contribution in [0.1, 0.15) is 57.8 Å². The lowest BCUT2D eigenvalue weighted by atomic mass is 9.92. The van der Waals surface area contributed by atoms with Gasteiger partial charge in [0.25, 0.3) is 5.56 Å². The number of rotatable bonds is 7. The zero-order valence-electron chi connectivity index (χ0n) is 16.6. The number of hydrogen-bond donors (Lipinski definition) is 3. The maximum Gasteiger partial charge on any atom is 0.331 e. The van der Waals surface area contributed by atoms with Gasteiger partial charge in [-0.15, -0.1) is 0 Å². The molecule has 0 saturated carbocycles. The summed E-state index contributed by atoms with van der Waals surface area (Å²) < 4.78 is 52.2. The molecule has 160 valence electrons. The number of aliphatic hydroxyl groups is 1. The first-order chi connectivity index (χ1) is 12.8. The lowest BCUT2D eigenvalue weighted by Gasteiger charge is -2.34. The van der Waals surface area contributed by atoms with Gasteiger partial charge in [-0.05, 0) is 26.3 Å². The van der Waals surface area contributed by atoms with Gasteiger partial charge in [0, 0.05) is 17.5 Å². The minimum absolute atomic E-state index is 0.0667. The van der Waals surface area contributed by atoms with Crippen molar-refractivity contribution in [3.05, 3.63) is 33.5 Å². The van der Waals surface area contributed by atoms with Crippen molar-refractivity contribution in [2.75, 3.05) is 0 Å². The number of nitrogens with one attached hydrogen (secondary N) is 1. The van der Waals surface area contributed by atoms with Crippen molar-refractivity contribution in [3.63, 3.8) is 0 Å². The van der Waals surface area contributed by atoms with E-state index in [2.05, 4.69) is 0 Å². The Balaban J connectivity index is 2.25. The van der Waals surface area contributed by atoms with Gasteiger partial charge in [-0.2, -0.15) is 4.39 Å². The summed E-state index contributed by atoms with van der Waals surface area (Å²) in [7, 11) is -3.92. The summed E-state index contributed by atoms with van der Waals surface area (Å²) in [5.41, 5.74) is -2.43. The fraction of sp³-hybridized carbons (Fsp3) is 0.722. The van der Waals surface area contributed by atoms with Gasteiger partial charge in [-0.25, -0.2) is 4.39 Å². The Morgan fingerprint density at radius 2 is 2.07 bits per heavy atom. The molecule has 1 fully saturated rings. The van der Waals surface area contributed by atoms with Crippen LogP contribution in [0.15, 0.2) is 10.9 Å². The fourth-order valence-electron chi connectivity index (χ4n) is 3.07. The predicted octanol–water partition coefficient (Wildman–Crippen LogP) is 3.13. The van der Waals surface area contributed by atoms with Crippen molar-refractivity contribution in [1.82, 2.24) is 4.98 Å². The van der Waals surface area contributed by atoms with Gasteiger partial charge in [-0.1, -0.05) is 20.8 Å². The van der Waals surface area contributed by atoms with E-state index in [0.29, 0.717) is 6.42 Å². The summed E-state index contributed by atoms with van der Waals surface area (Å²) in [6.45, 7) is 7.86. The van der Waals surface area contributed by atoms with Crippen LogP contribution in [-0.2, 0) is 13.8 Å². The highest BCUT2D eigenvalue weighted by atomic mass is 31.2. The second-order valence-corrected chi connectivity index (χ2v) is 10.2. The maximum absolute atomic E-state index is 14.7.